The van der Waals surface area contributed by atoms with Gasteiger partial charge in [-0.05, 0) is 44.1 Å². The number of carbonyl (C=O) groups excluding carboxylic acids is 1. The zero-order valence-electron chi connectivity index (χ0n) is 10.5. The van der Waals surface area contributed by atoms with Crippen molar-refractivity contribution in [1.29, 1.82) is 0 Å². The van der Waals surface area contributed by atoms with Gasteiger partial charge >= 0.3 is 0 Å². The Balaban J connectivity index is 1.72. The Morgan fingerprint density at radius 3 is 2.71 bits per heavy atom. The average molecular weight is 240 g/mol. The van der Waals surface area contributed by atoms with Crippen LogP contribution in [0.4, 0.5) is 0 Å². The van der Waals surface area contributed by atoms with E-state index in [4.69, 9.17) is 10.5 Å². The van der Waals surface area contributed by atoms with E-state index in [9.17, 15) is 4.79 Å². The van der Waals surface area contributed by atoms with Crippen LogP contribution in [0.15, 0.2) is 0 Å². The third-order valence-corrected chi connectivity index (χ3v) is 4.20. The highest BCUT2D eigenvalue weighted by Gasteiger charge is 2.31. The van der Waals surface area contributed by atoms with E-state index < -0.39 is 0 Å². The van der Waals surface area contributed by atoms with Crippen LogP contribution in [0.25, 0.3) is 0 Å². The predicted molar refractivity (Wildman–Crippen MR) is 66.4 cm³/mol. The van der Waals surface area contributed by atoms with E-state index in [2.05, 4.69) is 5.32 Å². The molecular formula is C13H24N2O2. The topological polar surface area (TPSA) is 64.4 Å². The molecule has 0 spiro atoms. The largest absolute Gasteiger partial charge is 0.381 e. The predicted octanol–water partition coefficient (Wildman–Crippen LogP) is 0.904. The number of hydrogen-bond donors (Lipinski definition) is 2. The molecule has 1 aliphatic heterocycles. The summed E-state index contributed by atoms with van der Waals surface area (Å²) in [6.07, 6.45) is 5.43. The molecule has 0 aromatic heterocycles. The van der Waals surface area contributed by atoms with Crippen LogP contribution in [-0.4, -0.2) is 32.2 Å². The molecule has 2 rings (SSSR count). The molecule has 1 saturated carbocycles. The van der Waals surface area contributed by atoms with Gasteiger partial charge in [-0.15, -0.1) is 0 Å². The Morgan fingerprint density at radius 1 is 1.24 bits per heavy atom. The fourth-order valence-corrected chi connectivity index (χ4v) is 2.99. The van der Waals surface area contributed by atoms with E-state index in [-0.39, 0.29) is 11.8 Å². The summed E-state index contributed by atoms with van der Waals surface area (Å²) in [7, 11) is 0. The molecule has 3 N–H and O–H groups in total. The normalized spacial score (nSPS) is 30.4. The summed E-state index contributed by atoms with van der Waals surface area (Å²) in [5.41, 5.74) is 5.70. The number of carbonyl (C=O) groups is 1. The monoisotopic (exact) mass is 240 g/mol. The summed E-state index contributed by atoms with van der Waals surface area (Å²) in [5.74, 6) is 1.40. The van der Waals surface area contributed by atoms with E-state index in [1.807, 2.05) is 0 Å². The quantitative estimate of drug-likeness (QED) is 0.767. The summed E-state index contributed by atoms with van der Waals surface area (Å²) in [6, 6.07) is 0. The van der Waals surface area contributed by atoms with Gasteiger partial charge < -0.3 is 15.8 Å². The number of nitrogens with one attached hydrogen (secondary N) is 1. The molecule has 4 heteroatoms. The van der Waals surface area contributed by atoms with Crippen molar-refractivity contribution < 1.29 is 9.53 Å². The van der Waals surface area contributed by atoms with E-state index in [1.165, 1.54) is 0 Å². The number of hydrogen-bond acceptors (Lipinski definition) is 3. The Bertz CT molecular complexity index is 252. The van der Waals surface area contributed by atoms with Crippen molar-refractivity contribution in [3.63, 3.8) is 0 Å². The molecule has 1 aliphatic carbocycles. The Kier molecular flexibility index (Phi) is 4.80. The Morgan fingerprint density at radius 2 is 2.00 bits per heavy atom. The van der Waals surface area contributed by atoms with Crippen LogP contribution in [0.1, 0.15) is 32.1 Å². The van der Waals surface area contributed by atoms with Crippen LogP contribution in [0.5, 0.6) is 0 Å². The van der Waals surface area contributed by atoms with Crippen LogP contribution in [0, 0.1) is 17.8 Å². The van der Waals surface area contributed by atoms with Crippen LogP contribution in [0.3, 0.4) is 0 Å². The van der Waals surface area contributed by atoms with Crippen molar-refractivity contribution in [3.05, 3.63) is 0 Å². The fraction of sp³-hybridized carbons (Fsp3) is 0.923. The molecule has 1 saturated heterocycles. The maximum absolute atomic E-state index is 12.1. The SMILES string of the molecule is NC[C@H]1CCC[C@H]1C(=O)NCC1CCOCC1. The first-order valence-electron chi connectivity index (χ1n) is 6.86. The first-order valence-corrected chi connectivity index (χ1v) is 6.86. The highest BCUT2D eigenvalue weighted by atomic mass is 16.5. The minimum absolute atomic E-state index is 0.167. The third kappa shape index (κ3) is 3.42. The molecule has 0 radical (unpaired) electrons. The fourth-order valence-electron chi connectivity index (χ4n) is 2.99. The summed E-state index contributed by atoms with van der Waals surface area (Å²) < 4.78 is 5.31. The van der Waals surface area contributed by atoms with Crippen LogP contribution < -0.4 is 11.1 Å². The summed E-state index contributed by atoms with van der Waals surface area (Å²) in [6.45, 7) is 3.15. The lowest BCUT2D eigenvalue weighted by molar-refractivity contribution is -0.126. The van der Waals surface area contributed by atoms with Crippen molar-refractivity contribution in [1.82, 2.24) is 5.32 Å². The van der Waals surface area contributed by atoms with Gasteiger partial charge in [0.1, 0.15) is 0 Å². The molecule has 0 bridgehead atoms. The Hall–Kier alpha value is -0.610. The molecule has 2 fully saturated rings. The van der Waals surface area contributed by atoms with E-state index >= 15 is 0 Å². The van der Waals surface area contributed by atoms with Gasteiger partial charge in [0.15, 0.2) is 0 Å². The third-order valence-electron chi connectivity index (χ3n) is 4.20. The molecule has 2 aliphatic rings. The van der Waals surface area contributed by atoms with Gasteiger partial charge in [-0.1, -0.05) is 6.42 Å². The highest BCUT2D eigenvalue weighted by Crippen LogP contribution is 2.31. The minimum Gasteiger partial charge on any atom is -0.381 e. The molecule has 17 heavy (non-hydrogen) atoms. The van der Waals surface area contributed by atoms with Crippen LogP contribution >= 0.6 is 0 Å². The van der Waals surface area contributed by atoms with Gasteiger partial charge in [0.05, 0.1) is 0 Å². The molecule has 1 heterocycles. The highest BCUT2D eigenvalue weighted by molar-refractivity contribution is 5.79. The first kappa shape index (κ1) is 12.8. The summed E-state index contributed by atoms with van der Waals surface area (Å²) in [5, 5.41) is 3.11. The second-order valence-corrected chi connectivity index (χ2v) is 5.33. The average Bonchev–Trinajstić information content (AvgIpc) is 2.85. The number of rotatable bonds is 4. The van der Waals surface area contributed by atoms with Crippen molar-refractivity contribution in [2.45, 2.75) is 32.1 Å². The van der Waals surface area contributed by atoms with Crippen molar-refractivity contribution in [3.8, 4) is 0 Å². The first-order chi connectivity index (χ1) is 8.31. The lowest BCUT2D eigenvalue weighted by Crippen LogP contribution is -2.38. The lowest BCUT2D eigenvalue weighted by atomic mass is 9.94. The molecule has 0 unspecified atom stereocenters. The maximum atomic E-state index is 12.1. The van der Waals surface area contributed by atoms with Crippen molar-refractivity contribution in [2.75, 3.05) is 26.3 Å². The molecular weight excluding hydrogens is 216 g/mol. The van der Waals surface area contributed by atoms with E-state index in [0.29, 0.717) is 18.4 Å². The second-order valence-electron chi connectivity index (χ2n) is 5.33. The van der Waals surface area contributed by atoms with Crippen LogP contribution in [-0.2, 0) is 9.53 Å². The molecule has 1 amide bonds. The van der Waals surface area contributed by atoms with E-state index in [0.717, 1.165) is 51.9 Å². The summed E-state index contributed by atoms with van der Waals surface area (Å²) >= 11 is 0. The smallest absolute Gasteiger partial charge is 0.223 e. The number of ether oxygens (including phenoxy) is 1. The maximum Gasteiger partial charge on any atom is 0.223 e. The van der Waals surface area contributed by atoms with Gasteiger partial charge in [0.25, 0.3) is 0 Å². The number of nitrogens with two attached hydrogens (primary N) is 1. The second kappa shape index (κ2) is 6.36. The standard InChI is InChI=1S/C13H24N2O2/c14-8-11-2-1-3-12(11)13(16)15-9-10-4-6-17-7-5-10/h10-12H,1-9,14H2,(H,15,16)/t11-,12-/m1/s1. The van der Waals surface area contributed by atoms with Gasteiger partial charge in [-0.2, -0.15) is 0 Å². The van der Waals surface area contributed by atoms with E-state index in [1.54, 1.807) is 0 Å². The van der Waals surface area contributed by atoms with Gasteiger partial charge in [0, 0.05) is 25.7 Å². The zero-order valence-corrected chi connectivity index (χ0v) is 10.5. The van der Waals surface area contributed by atoms with Gasteiger partial charge in [-0.25, -0.2) is 0 Å². The molecule has 2 atom stereocenters. The minimum atomic E-state index is 0.167. The van der Waals surface area contributed by atoms with Gasteiger partial charge in [-0.3, -0.25) is 4.79 Å². The lowest BCUT2D eigenvalue weighted by Gasteiger charge is -2.24. The zero-order chi connectivity index (χ0) is 12.1. The van der Waals surface area contributed by atoms with Crippen molar-refractivity contribution in [2.24, 2.45) is 23.5 Å². The Labute approximate surface area is 103 Å². The number of amides is 1. The van der Waals surface area contributed by atoms with Crippen molar-refractivity contribution >= 4 is 5.91 Å². The molecule has 0 aromatic carbocycles. The molecule has 4 nitrogen and oxygen atoms in total. The van der Waals surface area contributed by atoms with Crippen LogP contribution in [0.2, 0.25) is 0 Å². The molecule has 0 aromatic rings. The molecule has 98 valence electrons. The van der Waals surface area contributed by atoms with Gasteiger partial charge in [0.2, 0.25) is 5.91 Å². The summed E-state index contributed by atoms with van der Waals surface area (Å²) in [4.78, 5) is 12.1.